The third-order valence-electron chi connectivity index (χ3n) is 4.89. The third kappa shape index (κ3) is 5.30. The van der Waals surface area contributed by atoms with Crippen LogP contribution in [0.3, 0.4) is 0 Å². The molecule has 1 aromatic rings. The second-order valence-corrected chi connectivity index (χ2v) is 6.50. The molecule has 138 valence electrons. The topological polar surface area (TPSA) is 55.8 Å². The van der Waals surface area contributed by atoms with Gasteiger partial charge < -0.3 is 9.47 Å². The van der Waals surface area contributed by atoms with Crippen molar-refractivity contribution in [2.24, 2.45) is 5.92 Å². The molecule has 1 saturated heterocycles. The van der Waals surface area contributed by atoms with Gasteiger partial charge in [0.25, 0.3) is 0 Å². The van der Waals surface area contributed by atoms with Gasteiger partial charge >= 0.3 is 11.9 Å². The van der Waals surface area contributed by atoms with Crippen LogP contribution < -0.4 is 0 Å². The van der Waals surface area contributed by atoms with Crippen LogP contribution in [-0.2, 0) is 25.6 Å². The van der Waals surface area contributed by atoms with E-state index < -0.39 is 0 Å². The van der Waals surface area contributed by atoms with E-state index in [4.69, 9.17) is 9.47 Å². The molecule has 1 aromatic carbocycles. The molecule has 0 spiro atoms. The predicted molar refractivity (Wildman–Crippen MR) is 95.8 cm³/mol. The lowest BCUT2D eigenvalue weighted by atomic mass is 9.84. The first-order valence-electron chi connectivity index (χ1n) is 9.18. The van der Waals surface area contributed by atoms with Crippen molar-refractivity contribution in [1.82, 2.24) is 4.90 Å². The fourth-order valence-electron chi connectivity index (χ4n) is 3.61. The zero-order valence-corrected chi connectivity index (χ0v) is 15.4. The van der Waals surface area contributed by atoms with Gasteiger partial charge in [0.1, 0.15) is 0 Å². The minimum Gasteiger partial charge on any atom is -0.466 e. The largest absolute Gasteiger partial charge is 0.466 e. The number of esters is 2. The summed E-state index contributed by atoms with van der Waals surface area (Å²) in [7, 11) is 0. The van der Waals surface area contributed by atoms with Crippen LogP contribution in [0.15, 0.2) is 30.3 Å². The van der Waals surface area contributed by atoms with Crippen molar-refractivity contribution in [1.29, 1.82) is 0 Å². The van der Waals surface area contributed by atoms with Crippen molar-refractivity contribution in [2.75, 3.05) is 13.2 Å². The summed E-state index contributed by atoms with van der Waals surface area (Å²) in [5.74, 6) is -0.461. The van der Waals surface area contributed by atoms with Crippen LogP contribution in [0.2, 0.25) is 0 Å². The van der Waals surface area contributed by atoms with Gasteiger partial charge in [0.15, 0.2) is 0 Å². The van der Waals surface area contributed by atoms with Crippen LogP contribution in [0, 0.1) is 5.92 Å². The molecule has 25 heavy (non-hydrogen) atoms. The first-order chi connectivity index (χ1) is 12.1. The number of nitrogens with zero attached hydrogens (tertiary/aromatic N) is 1. The summed E-state index contributed by atoms with van der Waals surface area (Å²) < 4.78 is 10.4. The Hall–Kier alpha value is -1.88. The van der Waals surface area contributed by atoms with Gasteiger partial charge in [-0.15, -0.1) is 0 Å². The average molecular weight is 347 g/mol. The summed E-state index contributed by atoms with van der Waals surface area (Å²) >= 11 is 0. The molecule has 1 fully saturated rings. The molecule has 0 aliphatic carbocycles. The summed E-state index contributed by atoms with van der Waals surface area (Å²) in [5, 5.41) is 0. The van der Waals surface area contributed by atoms with Gasteiger partial charge in [-0.2, -0.15) is 0 Å². The Morgan fingerprint density at radius 3 is 2.40 bits per heavy atom. The van der Waals surface area contributed by atoms with Crippen LogP contribution >= 0.6 is 0 Å². The average Bonchev–Trinajstić information content (AvgIpc) is 2.59. The Morgan fingerprint density at radius 1 is 1.08 bits per heavy atom. The highest BCUT2D eigenvalue weighted by Crippen LogP contribution is 2.32. The lowest BCUT2D eigenvalue weighted by Crippen LogP contribution is -2.52. The van der Waals surface area contributed by atoms with E-state index in [1.165, 1.54) is 5.56 Å². The Balaban J connectivity index is 2.15. The highest BCUT2D eigenvalue weighted by molar-refractivity contribution is 5.74. The Morgan fingerprint density at radius 2 is 1.76 bits per heavy atom. The number of piperidine rings is 1. The van der Waals surface area contributed by atoms with E-state index in [1.54, 1.807) is 0 Å². The van der Waals surface area contributed by atoms with E-state index >= 15 is 0 Å². The number of hydrogen-bond acceptors (Lipinski definition) is 5. The fourth-order valence-corrected chi connectivity index (χ4v) is 3.61. The van der Waals surface area contributed by atoms with E-state index in [0.29, 0.717) is 26.2 Å². The maximum absolute atomic E-state index is 12.3. The maximum Gasteiger partial charge on any atom is 0.310 e. The molecule has 0 unspecified atom stereocenters. The summed E-state index contributed by atoms with van der Waals surface area (Å²) in [6.45, 7) is 7.21. The number of rotatable bonds is 7. The number of likely N-dealkylation sites (tertiary alicyclic amines) is 1. The van der Waals surface area contributed by atoms with Crippen LogP contribution in [-0.4, -0.2) is 42.1 Å². The van der Waals surface area contributed by atoms with Crippen LogP contribution in [0.25, 0.3) is 0 Å². The van der Waals surface area contributed by atoms with Crippen LogP contribution in [0.1, 0.15) is 45.6 Å². The Labute approximate surface area is 150 Å². The van der Waals surface area contributed by atoms with Gasteiger partial charge in [0.2, 0.25) is 0 Å². The summed E-state index contributed by atoms with van der Waals surface area (Å²) in [6.07, 6.45) is 1.90. The van der Waals surface area contributed by atoms with E-state index in [9.17, 15) is 9.59 Å². The number of benzene rings is 1. The Bertz CT molecular complexity index is 558. The molecular formula is C20H29NO4. The van der Waals surface area contributed by atoms with Gasteiger partial charge in [-0.1, -0.05) is 30.3 Å². The van der Waals surface area contributed by atoms with Gasteiger partial charge in [0.05, 0.1) is 25.6 Å². The van der Waals surface area contributed by atoms with Gasteiger partial charge in [-0.3, -0.25) is 14.5 Å². The summed E-state index contributed by atoms with van der Waals surface area (Å²) in [6, 6.07) is 10.2. The molecular weight excluding hydrogens is 318 g/mol. The molecule has 0 aromatic heterocycles. The second-order valence-electron chi connectivity index (χ2n) is 6.50. The minimum atomic E-state index is -0.174. The molecule has 5 nitrogen and oxygen atoms in total. The molecule has 0 N–H and O–H groups in total. The van der Waals surface area contributed by atoms with Gasteiger partial charge in [-0.05, 0) is 39.2 Å². The highest BCUT2D eigenvalue weighted by Gasteiger charge is 2.39. The molecule has 3 atom stereocenters. The van der Waals surface area contributed by atoms with Crippen LogP contribution in [0.5, 0.6) is 0 Å². The zero-order valence-electron chi connectivity index (χ0n) is 15.4. The minimum absolute atomic E-state index is 0.0208. The van der Waals surface area contributed by atoms with E-state index in [-0.39, 0.29) is 29.9 Å². The Kier molecular flexibility index (Phi) is 7.44. The maximum atomic E-state index is 12.3. The first kappa shape index (κ1) is 19.4. The molecule has 0 bridgehead atoms. The van der Waals surface area contributed by atoms with Crippen molar-refractivity contribution in [3.8, 4) is 0 Å². The first-order valence-corrected chi connectivity index (χ1v) is 9.18. The highest BCUT2D eigenvalue weighted by atomic mass is 16.5. The van der Waals surface area contributed by atoms with E-state index in [2.05, 4.69) is 24.0 Å². The standard InChI is InChI=1S/C20H29NO4/c1-4-24-19(22)13-17-11-12-18(20(23)25-5-2)15(3)21(17)14-16-9-7-6-8-10-16/h6-10,15,17-18H,4-5,11-14H2,1-3H3/t15-,17-,18-/m1/s1. The molecule has 1 aliphatic heterocycles. The summed E-state index contributed by atoms with van der Waals surface area (Å²) in [5.41, 5.74) is 1.17. The third-order valence-corrected chi connectivity index (χ3v) is 4.89. The number of hydrogen-bond donors (Lipinski definition) is 0. The van der Waals surface area contributed by atoms with Gasteiger partial charge in [0, 0.05) is 18.6 Å². The SMILES string of the molecule is CCOC(=O)C[C@H]1CC[C@@H](C(=O)OCC)[C@@H](C)N1Cc1ccccc1. The molecule has 0 saturated carbocycles. The van der Waals surface area contributed by atoms with E-state index in [0.717, 1.165) is 12.8 Å². The van der Waals surface area contributed by atoms with Crippen LogP contribution in [0.4, 0.5) is 0 Å². The van der Waals surface area contributed by atoms with Crippen molar-refractivity contribution in [3.63, 3.8) is 0 Å². The van der Waals surface area contributed by atoms with Crippen molar-refractivity contribution >= 4 is 11.9 Å². The van der Waals surface area contributed by atoms with Gasteiger partial charge in [-0.25, -0.2) is 0 Å². The molecule has 0 radical (unpaired) electrons. The monoisotopic (exact) mass is 347 g/mol. The smallest absolute Gasteiger partial charge is 0.310 e. The second kappa shape index (κ2) is 9.56. The van der Waals surface area contributed by atoms with Crippen molar-refractivity contribution < 1.29 is 19.1 Å². The normalized spacial score (nSPS) is 23.9. The lowest BCUT2D eigenvalue weighted by molar-refractivity contribution is -0.154. The fraction of sp³-hybridized carbons (Fsp3) is 0.600. The molecule has 2 rings (SSSR count). The molecule has 1 heterocycles. The molecule has 1 aliphatic rings. The zero-order chi connectivity index (χ0) is 18.2. The molecule has 5 heteroatoms. The number of carbonyl (C=O) groups excluding carboxylic acids is 2. The lowest BCUT2D eigenvalue weighted by Gasteiger charge is -2.43. The van der Waals surface area contributed by atoms with E-state index in [1.807, 2.05) is 32.0 Å². The van der Waals surface area contributed by atoms with Crippen molar-refractivity contribution in [2.45, 2.75) is 58.7 Å². The molecule has 0 amide bonds. The number of carbonyl (C=O) groups is 2. The number of ether oxygens (including phenoxy) is 2. The quantitative estimate of drug-likeness (QED) is 0.709. The van der Waals surface area contributed by atoms with Crippen molar-refractivity contribution in [3.05, 3.63) is 35.9 Å². The predicted octanol–water partition coefficient (Wildman–Crippen LogP) is 3.17. The summed E-state index contributed by atoms with van der Waals surface area (Å²) in [4.78, 5) is 26.6.